The van der Waals surface area contributed by atoms with Gasteiger partial charge in [-0.1, -0.05) is 24.3 Å². The third kappa shape index (κ3) is 5.49. The number of fused-ring (bicyclic) bond motifs is 1. The molecular formula is C23H17F6N3O2S. The lowest BCUT2D eigenvalue weighted by molar-refractivity contribution is -0.138. The van der Waals surface area contributed by atoms with Crippen LogP contribution >= 0.6 is 0 Å². The molecule has 0 unspecified atom stereocenters. The van der Waals surface area contributed by atoms with Crippen molar-refractivity contribution < 1.29 is 34.8 Å². The molecule has 1 heterocycles. The van der Waals surface area contributed by atoms with E-state index in [9.17, 15) is 34.8 Å². The minimum Gasteiger partial charge on any atom is -0.342 e. The number of rotatable bonds is 5. The minimum atomic E-state index is -4.74. The summed E-state index contributed by atoms with van der Waals surface area (Å²) in [4.78, 5) is 6.83. The Morgan fingerprint density at radius 1 is 0.800 bits per heavy atom. The number of nitrogens with one attached hydrogen (secondary N) is 1. The Morgan fingerprint density at radius 2 is 1.43 bits per heavy atom. The van der Waals surface area contributed by atoms with Crippen LogP contribution in [0.25, 0.3) is 22.2 Å². The molecule has 0 fully saturated rings. The Morgan fingerprint density at radius 3 is 2.03 bits per heavy atom. The first kappa shape index (κ1) is 24.7. The maximum atomic E-state index is 13.1. The van der Waals surface area contributed by atoms with Gasteiger partial charge in [0.05, 0.1) is 27.1 Å². The van der Waals surface area contributed by atoms with E-state index in [1.807, 2.05) is 0 Å². The molecule has 4 rings (SSSR count). The van der Waals surface area contributed by atoms with Crippen LogP contribution in [0.1, 0.15) is 22.5 Å². The SMILES string of the molecule is NS(=O)(=O)c1cc(C(F)(F)F)ccc1-c1ccc2[nH]c(CCc3ccc(C(F)(F)F)cc3)nc2c1. The van der Waals surface area contributed by atoms with Crippen LogP contribution in [0.5, 0.6) is 0 Å². The number of hydrogen-bond donors (Lipinski definition) is 2. The van der Waals surface area contributed by atoms with Crippen molar-refractivity contribution in [1.82, 2.24) is 9.97 Å². The van der Waals surface area contributed by atoms with Crippen LogP contribution in [0.15, 0.2) is 65.6 Å². The van der Waals surface area contributed by atoms with Crippen LogP contribution in [-0.4, -0.2) is 18.4 Å². The number of aromatic amines is 1. The minimum absolute atomic E-state index is 0.00305. The fraction of sp³-hybridized carbons (Fsp3) is 0.174. The second-order valence-corrected chi connectivity index (χ2v) is 9.39. The number of nitrogens with two attached hydrogens (primary N) is 1. The Kier molecular flexibility index (Phi) is 6.14. The predicted octanol–water partition coefficient (Wildman–Crippen LogP) is 5.70. The Balaban J connectivity index is 1.61. The highest BCUT2D eigenvalue weighted by atomic mass is 32.2. The quantitative estimate of drug-likeness (QED) is 0.336. The molecule has 0 bridgehead atoms. The van der Waals surface area contributed by atoms with Crippen LogP contribution < -0.4 is 5.14 Å². The predicted molar refractivity (Wildman–Crippen MR) is 117 cm³/mol. The average molecular weight is 513 g/mol. The van der Waals surface area contributed by atoms with Gasteiger partial charge >= 0.3 is 12.4 Å². The molecule has 0 saturated carbocycles. The summed E-state index contributed by atoms with van der Waals surface area (Å²) in [6.45, 7) is 0. The third-order valence-electron chi connectivity index (χ3n) is 5.39. The van der Waals surface area contributed by atoms with Gasteiger partial charge in [-0.3, -0.25) is 0 Å². The molecular weight excluding hydrogens is 496 g/mol. The van der Waals surface area contributed by atoms with Gasteiger partial charge in [-0.15, -0.1) is 0 Å². The maximum Gasteiger partial charge on any atom is 0.416 e. The van der Waals surface area contributed by atoms with Crippen molar-refractivity contribution >= 4 is 21.1 Å². The van der Waals surface area contributed by atoms with Crippen LogP contribution in [0.2, 0.25) is 0 Å². The van der Waals surface area contributed by atoms with Gasteiger partial charge in [0.25, 0.3) is 0 Å². The van der Waals surface area contributed by atoms with E-state index in [4.69, 9.17) is 5.14 Å². The molecule has 0 atom stereocenters. The van der Waals surface area contributed by atoms with E-state index in [0.29, 0.717) is 46.9 Å². The molecule has 3 N–H and O–H groups in total. The number of alkyl halides is 6. The number of sulfonamides is 1. The van der Waals surface area contributed by atoms with Gasteiger partial charge in [-0.05, 0) is 53.9 Å². The summed E-state index contributed by atoms with van der Waals surface area (Å²) in [6.07, 6.45) is -8.35. The Hall–Kier alpha value is -3.38. The average Bonchev–Trinajstić information content (AvgIpc) is 3.18. The standard InChI is InChI=1S/C23H17F6N3O2S/c24-22(25,26)15-5-1-13(2-6-15)3-10-21-31-18-9-4-14(11-19(18)32-21)17-8-7-16(23(27,28)29)12-20(17)35(30,33)34/h1-2,4-9,11-12H,3,10H2,(H,31,32)(H2,30,33,34). The van der Waals surface area contributed by atoms with Crippen LogP contribution in [0.4, 0.5) is 26.3 Å². The van der Waals surface area contributed by atoms with E-state index in [1.54, 1.807) is 6.07 Å². The molecule has 5 nitrogen and oxygen atoms in total. The number of aromatic nitrogens is 2. The lowest BCUT2D eigenvalue weighted by Gasteiger charge is -2.12. The zero-order valence-electron chi connectivity index (χ0n) is 17.7. The van der Waals surface area contributed by atoms with Crippen molar-refractivity contribution in [2.75, 3.05) is 0 Å². The summed E-state index contributed by atoms with van der Waals surface area (Å²) in [7, 11) is -4.46. The van der Waals surface area contributed by atoms with Gasteiger partial charge in [0, 0.05) is 12.0 Å². The fourth-order valence-corrected chi connectivity index (χ4v) is 4.42. The highest BCUT2D eigenvalue weighted by Crippen LogP contribution is 2.35. The number of imidazole rings is 1. The normalized spacial score (nSPS) is 12.9. The Labute approximate surface area is 195 Å². The van der Waals surface area contributed by atoms with E-state index in [2.05, 4.69) is 9.97 Å². The van der Waals surface area contributed by atoms with Gasteiger partial charge in [0.2, 0.25) is 10.0 Å². The number of nitrogens with zero attached hydrogens (tertiary/aromatic N) is 1. The maximum absolute atomic E-state index is 13.1. The topological polar surface area (TPSA) is 88.8 Å². The first-order valence-electron chi connectivity index (χ1n) is 10.1. The molecule has 0 aliphatic carbocycles. The summed E-state index contributed by atoms with van der Waals surface area (Å²) < 4.78 is 101. The molecule has 3 aromatic carbocycles. The molecule has 0 aliphatic heterocycles. The smallest absolute Gasteiger partial charge is 0.342 e. The highest BCUT2D eigenvalue weighted by Gasteiger charge is 2.32. The van der Waals surface area contributed by atoms with Gasteiger partial charge in [0.15, 0.2) is 0 Å². The molecule has 35 heavy (non-hydrogen) atoms. The van der Waals surface area contributed by atoms with Gasteiger partial charge < -0.3 is 4.98 Å². The third-order valence-corrected chi connectivity index (χ3v) is 6.34. The fourth-order valence-electron chi connectivity index (χ4n) is 3.64. The molecule has 184 valence electrons. The number of H-pyrrole nitrogens is 1. The molecule has 0 spiro atoms. The van der Waals surface area contributed by atoms with Crippen molar-refractivity contribution in [1.29, 1.82) is 0 Å². The van der Waals surface area contributed by atoms with Crippen LogP contribution in [-0.2, 0) is 35.2 Å². The number of primary sulfonamides is 1. The Bertz CT molecular complexity index is 1490. The summed E-state index contributed by atoms with van der Waals surface area (Å²) >= 11 is 0. The summed E-state index contributed by atoms with van der Waals surface area (Å²) in [5.41, 5.74) is 0.135. The highest BCUT2D eigenvalue weighted by molar-refractivity contribution is 7.89. The largest absolute Gasteiger partial charge is 0.416 e. The first-order chi connectivity index (χ1) is 16.2. The van der Waals surface area contributed by atoms with E-state index in [0.717, 1.165) is 24.3 Å². The number of benzene rings is 3. The number of aryl methyl sites for hydroxylation is 2. The lowest BCUT2D eigenvalue weighted by Crippen LogP contribution is -2.15. The van der Waals surface area contributed by atoms with Crippen molar-refractivity contribution in [2.45, 2.75) is 30.1 Å². The van der Waals surface area contributed by atoms with Crippen LogP contribution in [0.3, 0.4) is 0 Å². The monoisotopic (exact) mass is 513 g/mol. The van der Waals surface area contributed by atoms with Crippen molar-refractivity contribution in [3.05, 3.63) is 83.2 Å². The molecule has 4 aromatic rings. The lowest BCUT2D eigenvalue weighted by atomic mass is 10.0. The molecule has 0 saturated heterocycles. The van der Waals surface area contributed by atoms with E-state index >= 15 is 0 Å². The second kappa shape index (κ2) is 8.68. The molecule has 12 heteroatoms. The first-order valence-corrected chi connectivity index (χ1v) is 11.7. The summed E-state index contributed by atoms with van der Waals surface area (Å²) in [5.74, 6) is 0.538. The van der Waals surface area contributed by atoms with E-state index < -0.39 is 38.4 Å². The zero-order chi connectivity index (χ0) is 25.6. The van der Waals surface area contributed by atoms with Crippen molar-refractivity contribution in [2.24, 2.45) is 5.14 Å². The van der Waals surface area contributed by atoms with E-state index in [1.165, 1.54) is 24.3 Å². The number of halogens is 6. The molecule has 0 radical (unpaired) electrons. The van der Waals surface area contributed by atoms with Gasteiger partial charge in [0.1, 0.15) is 5.82 Å². The van der Waals surface area contributed by atoms with Gasteiger partial charge in [-0.2, -0.15) is 26.3 Å². The second-order valence-electron chi connectivity index (χ2n) is 7.86. The zero-order valence-corrected chi connectivity index (χ0v) is 18.5. The van der Waals surface area contributed by atoms with Gasteiger partial charge in [-0.25, -0.2) is 18.5 Å². The number of hydrogen-bond acceptors (Lipinski definition) is 3. The molecule has 0 amide bonds. The summed E-state index contributed by atoms with van der Waals surface area (Å²) in [5, 5.41) is 5.17. The van der Waals surface area contributed by atoms with Crippen LogP contribution in [0, 0.1) is 0 Å². The molecule has 1 aromatic heterocycles. The van der Waals surface area contributed by atoms with Crippen molar-refractivity contribution in [3.63, 3.8) is 0 Å². The van der Waals surface area contributed by atoms with E-state index in [-0.39, 0.29) is 5.56 Å². The summed E-state index contributed by atoms with van der Waals surface area (Å²) in [6, 6.07) is 11.8. The van der Waals surface area contributed by atoms with Crippen molar-refractivity contribution in [3.8, 4) is 11.1 Å². The molecule has 0 aliphatic rings.